The van der Waals surface area contributed by atoms with Gasteiger partial charge in [0.2, 0.25) is 0 Å². The van der Waals surface area contributed by atoms with Crippen LogP contribution in [0.15, 0.2) is 212 Å². The highest BCUT2D eigenvalue weighted by molar-refractivity contribution is 5.99. The lowest BCUT2D eigenvalue weighted by Gasteiger charge is -2.26. The van der Waals surface area contributed by atoms with Crippen molar-refractivity contribution in [1.82, 2.24) is 0 Å². The normalized spacial score (nSPS) is 12.8. The van der Waals surface area contributed by atoms with E-state index in [0.29, 0.717) is 0 Å². The Balaban J connectivity index is 0.997. The summed E-state index contributed by atoms with van der Waals surface area (Å²) in [5.74, 6) is 0. The highest BCUT2D eigenvalue weighted by Gasteiger charge is 2.36. The van der Waals surface area contributed by atoms with Crippen molar-refractivity contribution in [2.24, 2.45) is 0 Å². The average molecular weight is 740 g/mol. The Labute approximate surface area is 340 Å². The maximum Gasteiger partial charge on any atom is 0.0468 e. The van der Waals surface area contributed by atoms with Crippen LogP contribution < -0.4 is 4.90 Å². The first-order valence-electron chi connectivity index (χ1n) is 20.2. The van der Waals surface area contributed by atoms with Crippen molar-refractivity contribution in [3.8, 4) is 44.5 Å². The molecule has 1 nitrogen and oxygen atoms in total. The number of benzene rings is 10. The molecule has 0 N–H and O–H groups in total. The van der Waals surface area contributed by atoms with Crippen LogP contribution in [0, 0.1) is 0 Å². The molecular formula is C57H41N. The number of hydrogen-bond acceptors (Lipinski definition) is 1. The third-order valence-electron chi connectivity index (χ3n) is 12.4. The minimum atomic E-state index is -0.0299. The number of hydrogen-bond donors (Lipinski definition) is 0. The van der Waals surface area contributed by atoms with Crippen molar-refractivity contribution in [2.75, 3.05) is 4.90 Å². The van der Waals surface area contributed by atoms with Gasteiger partial charge in [-0.2, -0.15) is 0 Å². The van der Waals surface area contributed by atoms with Gasteiger partial charge in [0.1, 0.15) is 0 Å². The Morgan fingerprint density at radius 3 is 1.64 bits per heavy atom. The van der Waals surface area contributed by atoms with Crippen LogP contribution in [0.5, 0.6) is 0 Å². The zero-order valence-electron chi connectivity index (χ0n) is 32.7. The first-order chi connectivity index (χ1) is 28.5. The van der Waals surface area contributed by atoms with Crippen LogP contribution in [0.3, 0.4) is 0 Å². The van der Waals surface area contributed by atoms with E-state index in [2.05, 4.69) is 231 Å². The fourth-order valence-corrected chi connectivity index (χ4v) is 9.42. The molecule has 0 saturated heterocycles. The Bertz CT molecular complexity index is 3180. The standard InChI is InChI=1S/C57H41N/c1-57(2)54-19-8-7-16-53(54)56-52(18-10-20-55(56)57)46-24-23-45-37-49(34-29-44(45)36-46)58(47-30-25-39(26-31-47)43-22-21-38-11-3-4-13-42(38)35-43)48-32-27-41(28-33-48)51-17-9-14-40-12-5-6-15-50(40)51/h3-37H,1-2H3. The molecule has 0 aliphatic heterocycles. The lowest BCUT2D eigenvalue weighted by molar-refractivity contribution is 0.660. The third-order valence-corrected chi connectivity index (χ3v) is 12.4. The van der Waals surface area contributed by atoms with E-state index < -0.39 is 0 Å². The first kappa shape index (κ1) is 34.1. The van der Waals surface area contributed by atoms with E-state index in [9.17, 15) is 0 Å². The zero-order valence-corrected chi connectivity index (χ0v) is 32.7. The summed E-state index contributed by atoms with van der Waals surface area (Å²) in [7, 11) is 0. The van der Waals surface area contributed by atoms with E-state index >= 15 is 0 Å². The smallest absolute Gasteiger partial charge is 0.0468 e. The molecule has 0 atom stereocenters. The molecule has 11 rings (SSSR count). The van der Waals surface area contributed by atoms with Gasteiger partial charge in [0.25, 0.3) is 0 Å². The summed E-state index contributed by atoms with van der Waals surface area (Å²) in [6.45, 7) is 4.70. The van der Waals surface area contributed by atoms with E-state index in [1.54, 1.807) is 0 Å². The molecule has 1 heteroatoms. The Hall–Kier alpha value is -7.22. The second kappa shape index (κ2) is 13.5. The second-order valence-corrected chi connectivity index (χ2v) is 16.2. The van der Waals surface area contributed by atoms with Crippen molar-refractivity contribution in [3.05, 3.63) is 223 Å². The molecule has 1 aliphatic carbocycles. The van der Waals surface area contributed by atoms with E-state index in [-0.39, 0.29) is 5.41 Å². The maximum absolute atomic E-state index is 2.38. The van der Waals surface area contributed by atoms with Crippen molar-refractivity contribution in [2.45, 2.75) is 19.3 Å². The third kappa shape index (κ3) is 5.62. The Morgan fingerprint density at radius 1 is 0.310 bits per heavy atom. The second-order valence-electron chi connectivity index (χ2n) is 16.2. The summed E-state index contributed by atoms with van der Waals surface area (Å²) in [5, 5.41) is 7.46. The van der Waals surface area contributed by atoms with Gasteiger partial charge < -0.3 is 4.90 Å². The summed E-state index contributed by atoms with van der Waals surface area (Å²) in [6, 6.07) is 78.1. The van der Waals surface area contributed by atoms with Gasteiger partial charge in [-0.15, -0.1) is 0 Å². The number of nitrogens with zero attached hydrogens (tertiary/aromatic N) is 1. The van der Waals surface area contributed by atoms with Crippen LogP contribution in [0.4, 0.5) is 17.1 Å². The van der Waals surface area contributed by atoms with Crippen molar-refractivity contribution >= 4 is 49.4 Å². The molecule has 0 saturated carbocycles. The summed E-state index contributed by atoms with van der Waals surface area (Å²) < 4.78 is 0. The van der Waals surface area contributed by atoms with Crippen LogP contribution in [-0.2, 0) is 5.41 Å². The monoisotopic (exact) mass is 739 g/mol. The topological polar surface area (TPSA) is 3.24 Å². The number of anilines is 3. The quantitative estimate of drug-likeness (QED) is 0.164. The molecule has 10 aromatic rings. The molecule has 0 amide bonds. The summed E-state index contributed by atoms with van der Waals surface area (Å²) >= 11 is 0. The van der Waals surface area contributed by atoms with Gasteiger partial charge in [0, 0.05) is 22.5 Å². The summed E-state index contributed by atoms with van der Waals surface area (Å²) in [6.07, 6.45) is 0. The van der Waals surface area contributed by atoms with E-state index in [1.807, 2.05) is 0 Å². The van der Waals surface area contributed by atoms with Gasteiger partial charge in [0.15, 0.2) is 0 Å². The maximum atomic E-state index is 2.38. The highest BCUT2D eigenvalue weighted by atomic mass is 15.1. The molecule has 274 valence electrons. The van der Waals surface area contributed by atoms with Crippen molar-refractivity contribution in [3.63, 3.8) is 0 Å². The minimum Gasteiger partial charge on any atom is -0.310 e. The molecule has 58 heavy (non-hydrogen) atoms. The van der Waals surface area contributed by atoms with E-state index in [4.69, 9.17) is 0 Å². The SMILES string of the molecule is CC1(C)c2ccccc2-c2c(-c3ccc4cc(N(c5ccc(-c6ccc7ccccc7c6)cc5)c5ccc(-c6cccc7ccccc67)cc5)ccc4c3)cccc21. The van der Waals surface area contributed by atoms with Crippen LogP contribution in [-0.4, -0.2) is 0 Å². The number of rotatable bonds is 6. The fourth-order valence-electron chi connectivity index (χ4n) is 9.42. The van der Waals surface area contributed by atoms with Crippen molar-refractivity contribution < 1.29 is 0 Å². The average Bonchev–Trinajstić information content (AvgIpc) is 3.52. The van der Waals surface area contributed by atoms with Gasteiger partial charge in [-0.25, -0.2) is 0 Å². The van der Waals surface area contributed by atoms with Crippen LogP contribution in [0.2, 0.25) is 0 Å². The van der Waals surface area contributed by atoms with Gasteiger partial charge in [-0.05, 0) is 136 Å². The first-order valence-corrected chi connectivity index (χ1v) is 20.2. The fraction of sp³-hybridized carbons (Fsp3) is 0.0526. The summed E-state index contributed by atoms with van der Waals surface area (Å²) in [5.41, 5.74) is 16.2. The van der Waals surface area contributed by atoms with Gasteiger partial charge in [-0.3, -0.25) is 0 Å². The predicted octanol–water partition coefficient (Wildman–Crippen LogP) is 15.9. The van der Waals surface area contributed by atoms with Gasteiger partial charge >= 0.3 is 0 Å². The molecule has 0 radical (unpaired) electrons. The highest BCUT2D eigenvalue weighted by Crippen LogP contribution is 2.52. The van der Waals surface area contributed by atoms with Gasteiger partial charge in [-0.1, -0.05) is 178 Å². The molecule has 0 bridgehead atoms. The predicted molar refractivity (Wildman–Crippen MR) is 248 cm³/mol. The summed E-state index contributed by atoms with van der Waals surface area (Å²) in [4.78, 5) is 2.38. The van der Waals surface area contributed by atoms with Crippen LogP contribution in [0.25, 0.3) is 76.8 Å². The largest absolute Gasteiger partial charge is 0.310 e. The molecular weight excluding hydrogens is 699 g/mol. The Morgan fingerprint density at radius 2 is 0.810 bits per heavy atom. The van der Waals surface area contributed by atoms with Crippen molar-refractivity contribution in [1.29, 1.82) is 0 Å². The molecule has 0 heterocycles. The lowest BCUT2D eigenvalue weighted by atomic mass is 9.82. The number of fused-ring (bicyclic) bond motifs is 6. The molecule has 0 aromatic heterocycles. The van der Waals surface area contributed by atoms with Crippen LogP contribution >= 0.6 is 0 Å². The Kier molecular flexibility index (Phi) is 7.91. The molecule has 0 fully saturated rings. The minimum absolute atomic E-state index is 0.0299. The van der Waals surface area contributed by atoms with Gasteiger partial charge in [0.05, 0.1) is 0 Å². The lowest BCUT2D eigenvalue weighted by Crippen LogP contribution is -2.14. The zero-order chi connectivity index (χ0) is 38.8. The molecule has 0 spiro atoms. The van der Waals surface area contributed by atoms with E-state index in [0.717, 1.165) is 17.1 Å². The molecule has 0 unspecified atom stereocenters. The molecule has 1 aliphatic rings. The van der Waals surface area contributed by atoms with E-state index in [1.165, 1.54) is 88.0 Å². The molecule has 10 aromatic carbocycles. The van der Waals surface area contributed by atoms with Crippen LogP contribution in [0.1, 0.15) is 25.0 Å².